The molecule has 1 unspecified atom stereocenters. The van der Waals surface area contributed by atoms with E-state index in [0.717, 1.165) is 23.4 Å². The molecule has 0 saturated carbocycles. The summed E-state index contributed by atoms with van der Waals surface area (Å²) < 4.78 is 1.84. The van der Waals surface area contributed by atoms with Gasteiger partial charge in [-0.2, -0.15) is 5.10 Å². The van der Waals surface area contributed by atoms with E-state index in [4.69, 9.17) is 5.73 Å². The molecule has 5 nitrogen and oxygen atoms in total. The molecule has 142 valence electrons. The van der Waals surface area contributed by atoms with Crippen LogP contribution in [0.3, 0.4) is 0 Å². The Labute approximate surface area is 177 Å². The highest BCUT2D eigenvalue weighted by atomic mass is 127. The van der Waals surface area contributed by atoms with Crippen LogP contribution in [0.15, 0.2) is 72.0 Å². The van der Waals surface area contributed by atoms with Crippen molar-refractivity contribution in [2.24, 2.45) is 10.7 Å². The van der Waals surface area contributed by atoms with E-state index in [1.165, 1.54) is 5.56 Å². The zero-order chi connectivity index (χ0) is 18.4. The second-order valence-electron chi connectivity index (χ2n) is 6.39. The zero-order valence-electron chi connectivity index (χ0n) is 15.7. The lowest BCUT2D eigenvalue weighted by atomic mass is 9.99. The maximum absolute atomic E-state index is 6.01. The van der Waals surface area contributed by atoms with Gasteiger partial charge in [-0.05, 0) is 42.2 Å². The number of aliphatic imine (C=N–C) groups is 1. The van der Waals surface area contributed by atoms with E-state index in [-0.39, 0.29) is 24.0 Å². The molecule has 1 aromatic heterocycles. The molecular formula is C21H26IN5. The van der Waals surface area contributed by atoms with Crippen LogP contribution in [0, 0.1) is 0 Å². The number of rotatable bonds is 6. The number of nitrogens with two attached hydrogens (primary N) is 1. The van der Waals surface area contributed by atoms with Crippen molar-refractivity contribution in [3.8, 4) is 5.69 Å². The minimum atomic E-state index is 0. The summed E-state index contributed by atoms with van der Waals surface area (Å²) in [6.45, 7) is 4.91. The van der Waals surface area contributed by atoms with Crippen LogP contribution in [0.4, 0.5) is 5.69 Å². The Kier molecular flexibility index (Phi) is 7.84. The molecule has 0 amide bonds. The van der Waals surface area contributed by atoms with Gasteiger partial charge in [0.15, 0.2) is 5.96 Å². The highest BCUT2D eigenvalue weighted by Gasteiger charge is 2.03. The first-order valence-corrected chi connectivity index (χ1v) is 8.91. The summed E-state index contributed by atoms with van der Waals surface area (Å²) in [4.78, 5) is 4.40. The maximum Gasteiger partial charge on any atom is 0.193 e. The number of para-hydroxylation sites is 1. The van der Waals surface area contributed by atoms with Crippen molar-refractivity contribution in [1.82, 2.24) is 9.78 Å². The molecule has 27 heavy (non-hydrogen) atoms. The first-order valence-electron chi connectivity index (χ1n) is 8.91. The molecule has 0 spiro atoms. The lowest BCUT2D eigenvalue weighted by Crippen LogP contribution is -2.22. The standard InChI is InChI=1S/C21H25N5.HI/c1-3-16(2)18-9-11-19(12-10-18)25-21(22)23-13-17-14-24-26(15-17)20-7-5-4-6-8-20;/h4-12,14-16H,3,13H2,1-2H3,(H3,22,23,25);1H. The SMILES string of the molecule is CCC(C)c1ccc(NC(N)=NCc2cnn(-c3ccccc3)c2)cc1.I. The van der Waals surface area contributed by atoms with Crippen molar-refractivity contribution >= 4 is 35.6 Å². The second kappa shape index (κ2) is 10.1. The molecule has 3 rings (SSSR count). The number of nitrogens with one attached hydrogen (secondary N) is 1. The van der Waals surface area contributed by atoms with Crippen LogP contribution in [0.1, 0.15) is 37.3 Å². The van der Waals surface area contributed by atoms with E-state index in [9.17, 15) is 0 Å². The molecule has 1 heterocycles. The highest BCUT2D eigenvalue weighted by molar-refractivity contribution is 14.0. The molecule has 0 aliphatic rings. The molecule has 2 aromatic carbocycles. The number of hydrogen-bond acceptors (Lipinski definition) is 2. The third-order valence-electron chi connectivity index (χ3n) is 4.45. The lowest BCUT2D eigenvalue weighted by Gasteiger charge is -2.10. The Morgan fingerprint density at radius 1 is 1.15 bits per heavy atom. The summed E-state index contributed by atoms with van der Waals surface area (Å²) in [6, 6.07) is 18.3. The van der Waals surface area contributed by atoms with Crippen LogP contribution in [-0.2, 0) is 6.54 Å². The number of halogens is 1. The fourth-order valence-corrected chi connectivity index (χ4v) is 2.66. The summed E-state index contributed by atoms with van der Waals surface area (Å²) in [7, 11) is 0. The average Bonchev–Trinajstić information content (AvgIpc) is 3.16. The third kappa shape index (κ3) is 5.82. The Morgan fingerprint density at radius 3 is 2.52 bits per heavy atom. The van der Waals surface area contributed by atoms with Gasteiger partial charge in [0.05, 0.1) is 18.4 Å². The van der Waals surface area contributed by atoms with Gasteiger partial charge in [0.1, 0.15) is 0 Å². The fourth-order valence-electron chi connectivity index (χ4n) is 2.66. The quantitative estimate of drug-likeness (QED) is 0.302. The van der Waals surface area contributed by atoms with Gasteiger partial charge < -0.3 is 11.1 Å². The molecule has 0 fully saturated rings. The summed E-state index contributed by atoms with van der Waals surface area (Å²) in [6.07, 6.45) is 4.91. The van der Waals surface area contributed by atoms with Crippen LogP contribution in [0.25, 0.3) is 5.69 Å². The summed E-state index contributed by atoms with van der Waals surface area (Å²) >= 11 is 0. The first-order chi connectivity index (χ1) is 12.7. The number of hydrogen-bond donors (Lipinski definition) is 2. The van der Waals surface area contributed by atoms with Gasteiger partial charge >= 0.3 is 0 Å². The Morgan fingerprint density at radius 2 is 1.85 bits per heavy atom. The van der Waals surface area contributed by atoms with Crippen molar-refractivity contribution in [2.75, 3.05) is 5.32 Å². The second-order valence-corrected chi connectivity index (χ2v) is 6.39. The van der Waals surface area contributed by atoms with Gasteiger partial charge in [0, 0.05) is 17.4 Å². The van der Waals surface area contributed by atoms with E-state index in [2.05, 4.69) is 41.4 Å². The number of aromatic nitrogens is 2. The molecule has 3 aromatic rings. The summed E-state index contributed by atoms with van der Waals surface area (Å²) in [5.41, 5.74) is 10.3. The van der Waals surface area contributed by atoms with Gasteiger partial charge in [-0.3, -0.25) is 0 Å². The van der Waals surface area contributed by atoms with Crippen molar-refractivity contribution in [1.29, 1.82) is 0 Å². The van der Waals surface area contributed by atoms with E-state index in [0.29, 0.717) is 18.4 Å². The van der Waals surface area contributed by atoms with Crippen LogP contribution < -0.4 is 11.1 Å². The van der Waals surface area contributed by atoms with E-state index >= 15 is 0 Å². The molecule has 0 bridgehead atoms. The number of nitrogens with zero attached hydrogens (tertiary/aromatic N) is 3. The third-order valence-corrected chi connectivity index (χ3v) is 4.45. The van der Waals surface area contributed by atoms with Crippen molar-refractivity contribution in [2.45, 2.75) is 32.7 Å². The van der Waals surface area contributed by atoms with Gasteiger partial charge in [-0.25, -0.2) is 9.67 Å². The zero-order valence-corrected chi connectivity index (χ0v) is 18.0. The highest BCUT2D eigenvalue weighted by Crippen LogP contribution is 2.20. The van der Waals surface area contributed by atoms with E-state index in [1.807, 2.05) is 59.5 Å². The topological polar surface area (TPSA) is 68.2 Å². The van der Waals surface area contributed by atoms with Crippen molar-refractivity contribution in [3.05, 3.63) is 78.1 Å². The number of benzene rings is 2. The maximum atomic E-state index is 6.01. The van der Waals surface area contributed by atoms with E-state index in [1.54, 1.807) is 0 Å². The minimum Gasteiger partial charge on any atom is -0.370 e. The molecule has 0 aliphatic heterocycles. The van der Waals surface area contributed by atoms with Crippen LogP contribution in [-0.4, -0.2) is 15.7 Å². The van der Waals surface area contributed by atoms with Crippen LogP contribution in [0.5, 0.6) is 0 Å². The Bertz CT molecular complexity index is 856. The smallest absolute Gasteiger partial charge is 0.193 e. The van der Waals surface area contributed by atoms with Gasteiger partial charge in [-0.15, -0.1) is 24.0 Å². The van der Waals surface area contributed by atoms with Crippen molar-refractivity contribution in [3.63, 3.8) is 0 Å². The van der Waals surface area contributed by atoms with Gasteiger partial charge in [0.2, 0.25) is 0 Å². The Hall–Kier alpha value is -2.35. The minimum absolute atomic E-state index is 0. The average molecular weight is 475 g/mol. The predicted octanol–water partition coefficient (Wildman–Crippen LogP) is 4.93. The largest absolute Gasteiger partial charge is 0.370 e. The van der Waals surface area contributed by atoms with E-state index < -0.39 is 0 Å². The summed E-state index contributed by atoms with van der Waals surface area (Å²) in [5.74, 6) is 0.963. The molecule has 3 N–H and O–H groups in total. The lowest BCUT2D eigenvalue weighted by molar-refractivity contribution is 0.734. The predicted molar refractivity (Wildman–Crippen MR) is 123 cm³/mol. The normalized spacial score (nSPS) is 12.3. The molecule has 0 aliphatic carbocycles. The molecule has 1 atom stereocenters. The first kappa shape index (κ1) is 21.0. The monoisotopic (exact) mass is 475 g/mol. The number of anilines is 1. The van der Waals surface area contributed by atoms with Crippen LogP contribution in [0.2, 0.25) is 0 Å². The summed E-state index contributed by atoms with van der Waals surface area (Å²) in [5, 5.41) is 7.50. The Balaban J connectivity index is 0.00000261. The molecule has 0 radical (unpaired) electrons. The number of guanidine groups is 1. The molecule has 6 heteroatoms. The van der Waals surface area contributed by atoms with Crippen LogP contribution >= 0.6 is 24.0 Å². The van der Waals surface area contributed by atoms with Gasteiger partial charge in [0.25, 0.3) is 0 Å². The van der Waals surface area contributed by atoms with Gasteiger partial charge in [-0.1, -0.05) is 44.2 Å². The molecule has 0 saturated heterocycles. The van der Waals surface area contributed by atoms with Crippen molar-refractivity contribution < 1.29 is 0 Å². The molecular weight excluding hydrogens is 449 g/mol. The fraction of sp³-hybridized carbons (Fsp3) is 0.238.